The van der Waals surface area contributed by atoms with Crippen LogP contribution in [-0.4, -0.2) is 10.8 Å². The van der Waals surface area contributed by atoms with Crippen molar-refractivity contribution in [1.29, 1.82) is 0 Å². The molecule has 0 bridgehead atoms. The molecule has 0 saturated carbocycles. The van der Waals surface area contributed by atoms with Crippen LogP contribution >= 0.6 is 23.1 Å². The van der Waals surface area contributed by atoms with Crippen molar-refractivity contribution in [3.05, 3.63) is 45.4 Å². The highest BCUT2D eigenvalue weighted by molar-refractivity contribution is 7.98. The average Bonchev–Trinajstić information content (AvgIpc) is 2.79. The summed E-state index contributed by atoms with van der Waals surface area (Å²) in [4.78, 5) is 19.1. The number of hydrogen-bond donors (Lipinski definition) is 0. The zero-order valence-electron chi connectivity index (χ0n) is 12.6. The summed E-state index contributed by atoms with van der Waals surface area (Å²) in [7, 11) is 0. The van der Waals surface area contributed by atoms with E-state index in [1.807, 2.05) is 0 Å². The summed E-state index contributed by atoms with van der Waals surface area (Å²) in [6.07, 6.45) is 1.56. The molecule has 3 rings (SSSR count). The van der Waals surface area contributed by atoms with E-state index in [9.17, 15) is 4.79 Å². The van der Waals surface area contributed by atoms with Gasteiger partial charge in [0.05, 0.1) is 16.3 Å². The molecule has 1 aromatic carbocycles. The molecule has 1 aromatic heterocycles. The van der Waals surface area contributed by atoms with Gasteiger partial charge in [0.15, 0.2) is 5.78 Å². The van der Waals surface area contributed by atoms with Crippen LogP contribution in [0.4, 0.5) is 0 Å². The first-order chi connectivity index (χ1) is 9.94. The van der Waals surface area contributed by atoms with E-state index >= 15 is 0 Å². The third-order valence-corrected chi connectivity index (χ3v) is 6.23. The van der Waals surface area contributed by atoms with Crippen LogP contribution < -0.4 is 0 Å². The smallest absolute Gasteiger partial charge is 0.175 e. The molecular weight excluding hydrogens is 298 g/mol. The Morgan fingerprint density at radius 2 is 2.05 bits per heavy atom. The van der Waals surface area contributed by atoms with Gasteiger partial charge >= 0.3 is 0 Å². The van der Waals surface area contributed by atoms with Gasteiger partial charge < -0.3 is 0 Å². The first kappa shape index (κ1) is 14.8. The van der Waals surface area contributed by atoms with E-state index in [1.54, 1.807) is 23.1 Å². The number of carbonyl (C=O) groups is 1. The Bertz CT molecular complexity index is 688. The first-order valence-electron chi connectivity index (χ1n) is 7.15. The van der Waals surface area contributed by atoms with Gasteiger partial charge in [-0.05, 0) is 30.4 Å². The molecule has 0 spiro atoms. The highest BCUT2D eigenvalue weighted by Crippen LogP contribution is 2.38. The number of Topliss-reactive ketones (excluding diaryl/α,β-unsaturated/α-hetero) is 1. The average molecular weight is 317 g/mol. The number of hydrogen-bond acceptors (Lipinski definition) is 4. The molecule has 0 aliphatic heterocycles. The number of aromatic nitrogens is 1. The normalized spacial score (nSPS) is 16.8. The number of nitrogens with zero attached hydrogens (tertiary/aromatic N) is 1. The molecule has 0 fully saturated rings. The maximum atomic E-state index is 12.2. The first-order valence-corrected chi connectivity index (χ1v) is 8.95. The second kappa shape index (κ2) is 5.58. The van der Waals surface area contributed by atoms with Gasteiger partial charge in [-0.2, -0.15) is 0 Å². The molecule has 1 aliphatic carbocycles. The summed E-state index contributed by atoms with van der Waals surface area (Å²) in [5.74, 6) is 1.11. The number of thioether (sulfide) groups is 1. The van der Waals surface area contributed by atoms with Crippen LogP contribution in [0.3, 0.4) is 0 Å². The van der Waals surface area contributed by atoms with Crippen molar-refractivity contribution in [1.82, 2.24) is 4.98 Å². The lowest BCUT2D eigenvalue weighted by molar-refractivity contribution is 0.0916. The van der Waals surface area contributed by atoms with Crippen LogP contribution in [0.5, 0.6) is 0 Å². The van der Waals surface area contributed by atoms with E-state index < -0.39 is 0 Å². The van der Waals surface area contributed by atoms with Gasteiger partial charge in [0.1, 0.15) is 5.01 Å². The van der Waals surface area contributed by atoms with Crippen LogP contribution in [0.2, 0.25) is 0 Å². The van der Waals surface area contributed by atoms with Crippen molar-refractivity contribution >= 4 is 28.9 Å². The fourth-order valence-corrected chi connectivity index (χ4v) is 4.73. The summed E-state index contributed by atoms with van der Waals surface area (Å²) < 4.78 is 0. The molecule has 2 aromatic rings. The Balaban J connectivity index is 1.77. The number of ketones is 1. The van der Waals surface area contributed by atoms with Gasteiger partial charge in [-0.25, -0.2) is 4.98 Å². The van der Waals surface area contributed by atoms with Crippen LogP contribution in [0.25, 0.3) is 0 Å². The molecule has 0 saturated heterocycles. The molecule has 1 aliphatic rings. The fourth-order valence-electron chi connectivity index (χ4n) is 2.69. The second-order valence-electron chi connectivity index (χ2n) is 6.38. The summed E-state index contributed by atoms with van der Waals surface area (Å²) in [5, 5.41) is 1.07. The largest absolute Gasteiger partial charge is 0.293 e. The molecule has 0 atom stereocenters. The minimum absolute atomic E-state index is 0.0542. The van der Waals surface area contributed by atoms with E-state index in [0.717, 1.165) is 27.8 Å². The van der Waals surface area contributed by atoms with Crippen molar-refractivity contribution < 1.29 is 4.79 Å². The van der Waals surface area contributed by atoms with Crippen LogP contribution in [0, 0.1) is 12.3 Å². The van der Waals surface area contributed by atoms with Crippen LogP contribution in [0.1, 0.15) is 46.2 Å². The molecule has 0 unspecified atom stereocenters. The number of rotatable bonds is 3. The quantitative estimate of drug-likeness (QED) is 0.754. The molecule has 1 heterocycles. The predicted molar refractivity (Wildman–Crippen MR) is 89.3 cm³/mol. The third kappa shape index (κ3) is 3.22. The van der Waals surface area contributed by atoms with Gasteiger partial charge in [0.25, 0.3) is 0 Å². The SMILES string of the molecule is Cc1ccccc1SCc1nc2c(s1)C(=O)CC(C)(C)C2. The van der Waals surface area contributed by atoms with Crippen molar-refractivity contribution in [2.45, 2.75) is 44.3 Å². The Labute approximate surface area is 134 Å². The molecule has 2 nitrogen and oxygen atoms in total. The Hall–Kier alpha value is -1.13. The summed E-state index contributed by atoms with van der Waals surface area (Å²) >= 11 is 3.39. The second-order valence-corrected chi connectivity index (χ2v) is 8.48. The molecule has 0 N–H and O–H groups in total. The number of carbonyl (C=O) groups excluding carboxylic acids is 1. The van der Waals surface area contributed by atoms with Crippen molar-refractivity contribution in [2.24, 2.45) is 5.41 Å². The molecule has 4 heteroatoms. The van der Waals surface area contributed by atoms with E-state index in [-0.39, 0.29) is 11.2 Å². The highest BCUT2D eigenvalue weighted by atomic mass is 32.2. The Morgan fingerprint density at radius 3 is 2.81 bits per heavy atom. The van der Waals surface area contributed by atoms with Crippen LogP contribution in [-0.2, 0) is 12.2 Å². The molecule has 110 valence electrons. The van der Waals surface area contributed by atoms with Gasteiger partial charge in [0, 0.05) is 11.3 Å². The lowest BCUT2D eigenvalue weighted by Gasteiger charge is -2.26. The zero-order valence-corrected chi connectivity index (χ0v) is 14.2. The van der Waals surface area contributed by atoms with Crippen molar-refractivity contribution in [3.8, 4) is 0 Å². The summed E-state index contributed by atoms with van der Waals surface area (Å²) in [6.45, 7) is 6.42. The number of fused-ring (bicyclic) bond motifs is 1. The standard InChI is InChI=1S/C17H19NOS2/c1-11-6-4-5-7-14(11)20-10-15-18-12-8-17(2,3)9-13(19)16(12)21-15/h4-7H,8-10H2,1-3H3. The van der Waals surface area contributed by atoms with E-state index in [0.29, 0.717) is 6.42 Å². The maximum Gasteiger partial charge on any atom is 0.175 e. The van der Waals surface area contributed by atoms with Gasteiger partial charge in [-0.3, -0.25) is 4.79 Å². The minimum atomic E-state index is 0.0542. The maximum absolute atomic E-state index is 12.2. The lowest BCUT2D eigenvalue weighted by Crippen LogP contribution is -2.25. The topological polar surface area (TPSA) is 30.0 Å². The Morgan fingerprint density at radius 1 is 1.29 bits per heavy atom. The minimum Gasteiger partial charge on any atom is -0.293 e. The lowest BCUT2D eigenvalue weighted by atomic mass is 9.78. The van der Waals surface area contributed by atoms with Gasteiger partial charge in [0.2, 0.25) is 0 Å². The number of aryl methyl sites for hydroxylation is 1. The molecular formula is C17H19NOS2. The predicted octanol–water partition coefficient (Wildman–Crippen LogP) is 4.90. The van der Waals surface area contributed by atoms with Crippen molar-refractivity contribution in [3.63, 3.8) is 0 Å². The number of thiazole rings is 1. The molecule has 0 radical (unpaired) electrons. The summed E-state index contributed by atoms with van der Waals surface area (Å²) in [6, 6.07) is 8.39. The van der Waals surface area contributed by atoms with Crippen LogP contribution in [0.15, 0.2) is 29.2 Å². The Kier molecular flexibility index (Phi) is 3.93. The molecule has 0 amide bonds. The van der Waals surface area contributed by atoms with E-state index in [2.05, 4.69) is 45.0 Å². The summed E-state index contributed by atoms with van der Waals surface area (Å²) in [5.41, 5.74) is 2.36. The fraction of sp³-hybridized carbons (Fsp3) is 0.412. The van der Waals surface area contributed by atoms with E-state index in [1.165, 1.54) is 10.5 Å². The third-order valence-electron chi connectivity index (χ3n) is 3.72. The van der Waals surface area contributed by atoms with E-state index in [4.69, 9.17) is 4.98 Å². The molecule has 21 heavy (non-hydrogen) atoms. The monoisotopic (exact) mass is 317 g/mol. The van der Waals surface area contributed by atoms with Gasteiger partial charge in [-0.15, -0.1) is 23.1 Å². The zero-order chi connectivity index (χ0) is 15.0. The number of benzene rings is 1. The highest BCUT2D eigenvalue weighted by Gasteiger charge is 2.33. The van der Waals surface area contributed by atoms with Crippen molar-refractivity contribution in [2.75, 3.05) is 0 Å². The van der Waals surface area contributed by atoms with Gasteiger partial charge in [-0.1, -0.05) is 32.0 Å².